The van der Waals surface area contributed by atoms with Gasteiger partial charge in [-0.1, -0.05) is 47.7 Å². The number of ether oxygens (including phenoxy) is 1. The smallest absolute Gasteiger partial charge is 0.236 e. The summed E-state index contributed by atoms with van der Waals surface area (Å²) in [5, 5.41) is 14.8. The van der Waals surface area contributed by atoms with Gasteiger partial charge >= 0.3 is 0 Å². The average Bonchev–Trinajstić information content (AvgIpc) is 3.49. The first-order valence-corrected chi connectivity index (χ1v) is 13.9. The molecule has 192 valence electrons. The van der Waals surface area contributed by atoms with Crippen molar-refractivity contribution in [2.24, 2.45) is 0 Å². The zero-order valence-electron chi connectivity index (χ0n) is 21.7. The number of amides is 1. The lowest BCUT2D eigenvalue weighted by molar-refractivity contribution is -0.113. The molecule has 2 heterocycles. The molecule has 9 heteroatoms. The molecule has 0 fully saturated rings. The maximum Gasteiger partial charge on any atom is 0.236 e. The Labute approximate surface area is 226 Å². The molecule has 0 saturated heterocycles. The number of thiazole rings is 1. The molecule has 0 aliphatic heterocycles. The van der Waals surface area contributed by atoms with Crippen LogP contribution in [-0.4, -0.2) is 31.4 Å². The Morgan fingerprint density at radius 1 is 1.14 bits per heavy atom. The van der Waals surface area contributed by atoms with Crippen molar-refractivity contribution in [1.29, 1.82) is 0 Å². The standard InChI is InChI=1S/C28H31N5O2S2/c1-7-12-33-26(21(6)35-24-11-8-17(2)13-20(24)5)31-32-28(33)37-16-25(34)30-27-29-23(15-36-27)22-10-9-18(3)19(4)14-22/h7-11,13-15,21H,1,12,16H2,2-6H3,(H,29,30,34). The van der Waals surface area contributed by atoms with Gasteiger partial charge in [0.25, 0.3) is 0 Å². The second-order valence-corrected chi connectivity index (χ2v) is 10.7. The molecular formula is C28H31N5O2S2. The SMILES string of the molecule is C=CCn1c(SCC(=O)Nc2nc(-c3ccc(C)c(C)c3)cs2)nnc1C(C)Oc1ccc(C)cc1C. The fourth-order valence-corrected chi connectivity index (χ4v) is 5.32. The summed E-state index contributed by atoms with van der Waals surface area (Å²) in [6.45, 7) is 14.6. The first-order chi connectivity index (χ1) is 17.7. The van der Waals surface area contributed by atoms with Gasteiger partial charge < -0.3 is 10.1 Å². The summed E-state index contributed by atoms with van der Waals surface area (Å²) in [6, 6.07) is 12.3. The van der Waals surface area contributed by atoms with E-state index in [9.17, 15) is 4.79 Å². The molecule has 4 aromatic rings. The van der Waals surface area contributed by atoms with Gasteiger partial charge in [-0.15, -0.1) is 28.1 Å². The summed E-state index contributed by atoms with van der Waals surface area (Å²) in [5.74, 6) is 1.52. The number of anilines is 1. The fourth-order valence-electron chi connectivity index (χ4n) is 3.83. The van der Waals surface area contributed by atoms with Gasteiger partial charge in [-0.05, 0) is 63.4 Å². The van der Waals surface area contributed by atoms with Gasteiger partial charge in [0.2, 0.25) is 5.91 Å². The van der Waals surface area contributed by atoms with Crippen LogP contribution in [0.5, 0.6) is 5.75 Å². The maximum absolute atomic E-state index is 12.7. The molecule has 1 unspecified atom stereocenters. The van der Waals surface area contributed by atoms with Gasteiger partial charge in [-0.2, -0.15) is 0 Å². The Morgan fingerprint density at radius 2 is 1.95 bits per heavy atom. The van der Waals surface area contributed by atoms with E-state index in [0.717, 1.165) is 22.6 Å². The molecule has 4 rings (SSSR count). The molecule has 0 spiro atoms. The third-order valence-electron chi connectivity index (χ3n) is 5.94. The van der Waals surface area contributed by atoms with Crippen LogP contribution in [0, 0.1) is 27.7 Å². The minimum atomic E-state index is -0.323. The van der Waals surface area contributed by atoms with E-state index in [-0.39, 0.29) is 17.8 Å². The van der Waals surface area contributed by atoms with Crippen molar-refractivity contribution >= 4 is 34.1 Å². The quantitative estimate of drug-likeness (QED) is 0.181. The molecule has 0 bridgehead atoms. The molecule has 37 heavy (non-hydrogen) atoms. The number of aryl methyl sites for hydroxylation is 4. The number of nitrogens with one attached hydrogen (secondary N) is 1. The van der Waals surface area contributed by atoms with Crippen molar-refractivity contribution in [3.8, 4) is 17.0 Å². The molecule has 7 nitrogen and oxygen atoms in total. The van der Waals surface area contributed by atoms with Crippen LogP contribution >= 0.6 is 23.1 Å². The first-order valence-electron chi connectivity index (χ1n) is 12.0. The predicted molar refractivity (Wildman–Crippen MR) is 152 cm³/mol. The first kappa shape index (κ1) is 26.6. The molecule has 0 aliphatic rings. The highest BCUT2D eigenvalue weighted by Gasteiger charge is 2.20. The molecule has 1 N–H and O–H groups in total. The number of hydrogen-bond acceptors (Lipinski definition) is 7. The Hall–Kier alpha value is -3.43. The molecule has 0 radical (unpaired) electrons. The average molecular weight is 534 g/mol. The van der Waals surface area contributed by atoms with E-state index in [2.05, 4.69) is 66.0 Å². The summed E-state index contributed by atoms with van der Waals surface area (Å²) in [6.07, 6.45) is 1.46. The van der Waals surface area contributed by atoms with E-state index >= 15 is 0 Å². The predicted octanol–water partition coefficient (Wildman–Crippen LogP) is 6.69. The van der Waals surface area contributed by atoms with E-state index in [4.69, 9.17) is 4.74 Å². The fraction of sp³-hybridized carbons (Fsp3) is 0.286. The number of carbonyl (C=O) groups is 1. The Balaban J connectivity index is 1.40. The minimum Gasteiger partial charge on any atom is -0.482 e. The van der Waals surface area contributed by atoms with E-state index in [1.807, 2.05) is 42.0 Å². The Morgan fingerprint density at radius 3 is 2.68 bits per heavy atom. The molecular weight excluding hydrogens is 502 g/mol. The number of carbonyl (C=O) groups excluding carboxylic acids is 1. The normalized spacial score (nSPS) is 11.8. The van der Waals surface area contributed by atoms with Crippen molar-refractivity contribution in [3.05, 3.63) is 82.5 Å². The highest BCUT2D eigenvalue weighted by atomic mass is 32.2. The molecule has 2 aromatic carbocycles. The molecule has 0 aliphatic carbocycles. The summed E-state index contributed by atoms with van der Waals surface area (Å²) in [4.78, 5) is 17.3. The van der Waals surface area contributed by atoms with Crippen LogP contribution < -0.4 is 10.1 Å². The lowest BCUT2D eigenvalue weighted by atomic mass is 10.1. The van der Waals surface area contributed by atoms with Crippen LogP contribution in [0.2, 0.25) is 0 Å². The van der Waals surface area contributed by atoms with Gasteiger partial charge in [-0.25, -0.2) is 4.98 Å². The zero-order valence-corrected chi connectivity index (χ0v) is 23.4. The molecule has 2 aromatic heterocycles. The lowest BCUT2D eigenvalue weighted by Crippen LogP contribution is -2.15. The van der Waals surface area contributed by atoms with Crippen LogP contribution in [0.3, 0.4) is 0 Å². The van der Waals surface area contributed by atoms with Crippen LogP contribution in [-0.2, 0) is 11.3 Å². The van der Waals surface area contributed by atoms with Gasteiger partial charge in [0, 0.05) is 17.5 Å². The van der Waals surface area contributed by atoms with Crippen LogP contribution in [0.25, 0.3) is 11.3 Å². The Kier molecular flexibility index (Phi) is 8.45. The highest BCUT2D eigenvalue weighted by molar-refractivity contribution is 7.99. The summed E-state index contributed by atoms with van der Waals surface area (Å²) in [5.41, 5.74) is 6.59. The third-order valence-corrected chi connectivity index (χ3v) is 7.66. The van der Waals surface area contributed by atoms with Gasteiger partial charge in [-0.3, -0.25) is 9.36 Å². The van der Waals surface area contributed by atoms with Crippen molar-refractivity contribution in [3.63, 3.8) is 0 Å². The van der Waals surface area contributed by atoms with Gasteiger partial charge in [0.1, 0.15) is 5.75 Å². The summed E-state index contributed by atoms with van der Waals surface area (Å²) in [7, 11) is 0. The van der Waals surface area contributed by atoms with Crippen molar-refractivity contribution in [2.75, 3.05) is 11.1 Å². The maximum atomic E-state index is 12.7. The van der Waals surface area contributed by atoms with Crippen LogP contribution in [0.1, 0.15) is 41.1 Å². The summed E-state index contributed by atoms with van der Waals surface area (Å²) < 4.78 is 8.12. The number of aromatic nitrogens is 4. The largest absolute Gasteiger partial charge is 0.482 e. The number of rotatable bonds is 10. The number of nitrogens with zero attached hydrogens (tertiary/aromatic N) is 4. The Bertz CT molecular complexity index is 1430. The number of hydrogen-bond donors (Lipinski definition) is 1. The van der Waals surface area contributed by atoms with E-state index < -0.39 is 0 Å². The van der Waals surface area contributed by atoms with Crippen LogP contribution in [0.15, 0.2) is 59.6 Å². The van der Waals surface area contributed by atoms with Crippen molar-refractivity contribution in [2.45, 2.75) is 52.4 Å². The number of benzene rings is 2. The number of allylic oxidation sites excluding steroid dienone is 1. The molecule has 0 saturated carbocycles. The number of thioether (sulfide) groups is 1. The third kappa shape index (κ3) is 6.47. The van der Waals surface area contributed by atoms with Crippen LogP contribution in [0.4, 0.5) is 5.13 Å². The summed E-state index contributed by atoms with van der Waals surface area (Å²) >= 11 is 2.73. The second-order valence-electron chi connectivity index (χ2n) is 8.94. The molecule has 1 amide bonds. The van der Waals surface area contributed by atoms with Crippen molar-refractivity contribution in [1.82, 2.24) is 19.7 Å². The topological polar surface area (TPSA) is 81.9 Å². The van der Waals surface area contributed by atoms with E-state index in [0.29, 0.717) is 22.7 Å². The monoisotopic (exact) mass is 533 g/mol. The highest BCUT2D eigenvalue weighted by Crippen LogP contribution is 2.29. The lowest BCUT2D eigenvalue weighted by Gasteiger charge is -2.17. The molecule has 1 atom stereocenters. The van der Waals surface area contributed by atoms with E-state index in [1.54, 1.807) is 6.08 Å². The van der Waals surface area contributed by atoms with Gasteiger partial charge in [0.05, 0.1) is 11.4 Å². The zero-order chi connectivity index (χ0) is 26.5. The van der Waals surface area contributed by atoms with E-state index in [1.165, 1.54) is 39.8 Å². The minimum absolute atomic E-state index is 0.153. The van der Waals surface area contributed by atoms with Gasteiger partial charge in [0.15, 0.2) is 22.2 Å². The van der Waals surface area contributed by atoms with Crippen molar-refractivity contribution < 1.29 is 9.53 Å². The second kappa shape index (κ2) is 11.7.